The molecule has 0 aliphatic carbocycles. The maximum Gasteiger partial charge on any atom is 0.224 e. The third-order valence-electron chi connectivity index (χ3n) is 4.37. The summed E-state index contributed by atoms with van der Waals surface area (Å²) in [5, 5.41) is 4.14. The van der Waals surface area contributed by atoms with Crippen LogP contribution in [0.1, 0.15) is 17.0 Å². The fourth-order valence-electron chi connectivity index (χ4n) is 3.15. The van der Waals surface area contributed by atoms with Gasteiger partial charge in [0, 0.05) is 35.1 Å². The summed E-state index contributed by atoms with van der Waals surface area (Å²) in [6.45, 7) is 1.24. The van der Waals surface area contributed by atoms with Crippen LogP contribution < -0.4 is 10.1 Å². The average molecular weight is 306 g/mol. The summed E-state index contributed by atoms with van der Waals surface area (Å²) < 4.78 is 5.65. The van der Waals surface area contributed by atoms with Gasteiger partial charge in [0.15, 0.2) is 0 Å². The van der Waals surface area contributed by atoms with Crippen LogP contribution in [0.2, 0.25) is 0 Å². The first-order valence-corrected chi connectivity index (χ1v) is 7.84. The summed E-state index contributed by atoms with van der Waals surface area (Å²) in [5.41, 5.74) is 3.27. The number of hydrogen-bond acceptors (Lipinski definition) is 2. The molecule has 4 rings (SSSR count). The number of aromatic amines is 1. The van der Waals surface area contributed by atoms with E-state index in [4.69, 9.17) is 4.74 Å². The van der Waals surface area contributed by atoms with E-state index in [1.807, 2.05) is 48.7 Å². The lowest BCUT2D eigenvalue weighted by atomic mass is 10.0. The van der Waals surface area contributed by atoms with Crippen molar-refractivity contribution < 1.29 is 9.53 Å². The monoisotopic (exact) mass is 306 g/mol. The van der Waals surface area contributed by atoms with Crippen molar-refractivity contribution in [3.05, 3.63) is 65.9 Å². The minimum atomic E-state index is 0.0409. The van der Waals surface area contributed by atoms with Crippen molar-refractivity contribution in [2.24, 2.45) is 0 Å². The van der Waals surface area contributed by atoms with Crippen molar-refractivity contribution in [1.29, 1.82) is 0 Å². The molecular formula is C19H18N2O2. The summed E-state index contributed by atoms with van der Waals surface area (Å²) in [7, 11) is 0. The molecule has 4 heteroatoms. The van der Waals surface area contributed by atoms with E-state index in [1.165, 1.54) is 5.56 Å². The topological polar surface area (TPSA) is 54.1 Å². The highest BCUT2D eigenvalue weighted by Crippen LogP contribution is 2.32. The molecule has 1 unspecified atom stereocenters. The summed E-state index contributed by atoms with van der Waals surface area (Å²) in [6.07, 6.45) is 2.30. The number of nitrogens with one attached hydrogen (secondary N) is 2. The molecule has 2 heterocycles. The van der Waals surface area contributed by atoms with Crippen molar-refractivity contribution in [1.82, 2.24) is 10.3 Å². The molecular weight excluding hydrogens is 288 g/mol. The molecule has 23 heavy (non-hydrogen) atoms. The smallest absolute Gasteiger partial charge is 0.224 e. The number of fused-ring (bicyclic) bond motifs is 2. The molecule has 3 aromatic rings. The van der Waals surface area contributed by atoms with Gasteiger partial charge in [0.25, 0.3) is 0 Å². The van der Waals surface area contributed by atoms with Gasteiger partial charge in [-0.15, -0.1) is 0 Å². The Balaban J connectivity index is 1.40. The molecule has 0 saturated carbocycles. The Bertz CT molecular complexity index is 853. The van der Waals surface area contributed by atoms with Crippen LogP contribution in [0.25, 0.3) is 10.9 Å². The van der Waals surface area contributed by atoms with Crippen molar-refractivity contribution in [3.8, 4) is 5.75 Å². The van der Waals surface area contributed by atoms with Crippen LogP contribution in [-0.4, -0.2) is 24.0 Å². The molecule has 0 radical (unpaired) electrons. The van der Waals surface area contributed by atoms with Gasteiger partial charge in [0.05, 0.1) is 13.0 Å². The SMILES string of the molecule is O=C(Cc1c[nH]c2ccccc12)NCC1COc2ccccc21. The van der Waals surface area contributed by atoms with Crippen LogP contribution in [0, 0.1) is 0 Å². The third kappa shape index (κ3) is 2.68. The second-order valence-corrected chi connectivity index (χ2v) is 5.89. The number of aromatic nitrogens is 1. The van der Waals surface area contributed by atoms with Crippen LogP contribution in [0.4, 0.5) is 0 Å². The molecule has 1 amide bonds. The molecule has 0 saturated heterocycles. The summed E-state index contributed by atoms with van der Waals surface area (Å²) in [4.78, 5) is 15.5. The number of carbonyl (C=O) groups excluding carboxylic acids is 1. The largest absolute Gasteiger partial charge is 0.493 e. The van der Waals surface area contributed by atoms with E-state index in [-0.39, 0.29) is 11.8 Å². The lowest BCUT2D eigenvalue weighted by Gasteiger charge is -2.10. The van der Waals surface area contributed by atoms with Crippen LogP contribution in [0.15, 0.2) is 54.7 Å². The first-order valence-electron chi connectivity index (χ1n) is 7.84. The molecule has 0 fully saturated rings. The van der Waals surface area contributed by atoms with E-state index in [0.717, 1.165) is 22.2 Å². The van der Waals surface area contributed by atoms with Crippen LogP contribution >= 0.6 is 0 Å². The number of para-hydroxylation sites is 2. The summed E-state index contributed by atoms with van der Waals surface area (Å²) in [6, 6.07) is 16.1. The fraction of sp³-hybridized carbons (Fsp3) is 0.211. The van der Waals surface area contributed by atoms with Gasteiger partial charge in [-0.1, -0.05) is 36.4 Å². The van der Waals surface area contributed by atoms with Gasteiger partial charge in [0.1, 0.15) is 5.75 Å². The van der Waals surface area contributed by atoms with Gasteiger partial charge in [-0.3, -0.25) is 4.79 Å². The molecule has 2 aromatic carbocycles. The number of H-pyrrole nitrogens is 1. The molecule has 1 aromatic heterocycles. The highest BCUT2D eigenvalue weighted by molar-refractivity contribution is 5.88. The van der Waals surface area contributed by atoms with Gasteiger partial charge in [-0.25, -0.2) is 0 Å². The van der Waals surface area contributed by atoms with Gasteiger partial charge in [0.2, 0.25) is 5.91 Å². The molecule has 1 aliphatic heterocycles. The van der Waals surface area contributed by atoms with Gasteiger partial charge < -0.3 is 15.0 Å². The maximum atomic E-state index is 12.3. The number of carbonyl (C=O) groups is 1. The standard InChI is InChI=1S/C19H18N2O2/c22-19(9-13-10-20-17-7-3-1-5-15(13)17)21-11-14-12-23-18-8-4-2-6-16(14)18/h1-8,10,14,20H,9,11-12H2,(H,21,22). The van der Waals surface area contributed by atoms with Gasteiger partial charge in [-0.2, -0.15) is 0 Å². The normalized spacial score (nSPS) is 16.1. The quantitative estimate of drug-likeness (QED) is 0.778. The predicted molar refractivity (Wildman–Crippen MR) is 89.7 cm³/mol. The summed E-state index contributed by atoms with van der Waals surface area (Å²) >= 11 is 0. The van der Waals surface area contributed by atoms with Gasteiger partial charge in [-0.05, 0) is 17.7 Å². The Morgan fingerprint density at radius 2 is 2.00 bits per heavy atom. The second-order valence-electron chi connectivity index (χ2n) is 5.89. The second kappa shape index (κ2) is 5.80. The van der Waals surface area contributed by atoms with Crippen LogP contribution in [0.3, 0.4) is 0 Å². The van der Waals surface area contributed by atoms with Crippen LogP contribution in [0.5, 0.6) is 5.75 Å². The van der Waals surface area contributed by atoms with Crippen molar-refractivity contribution >= 4 is 16.8 Å². The Labute approximate surface area is 134 Å². The number of amides is 1. The van der Waals surface area contributed by atoms with Crippen LogP contribution in [-0.2, 0) is 11.2 Å². The minimum absolute atomic E-state index is 0.0409. The van der Waals surface area contributed by atoms with Crippen molar-refractivity contribution in [2.45, 2.75) is 12.3 Å². The molecule has 0 bridgehead atoms. The number of hydrogen-bond donors (Lipinski definition) is 2. The Hall–Kier alpha value is -2.75. The van der Waals surface area contributed by atoms with Crippen molar-refractivity contribution in [2.75, 3.05) is 13.2 Å². The number of ether oxygens (including phenoxy) is 1. The summed E-state index contributed by atoms with van der Waals surface area (Å²) in [5.74, 6) is 1.21. The molecule has 116 valence electrons. The van der Waals surface area contributed by atoms with E-state index in [0.29, 0.717) is 19.6 Å². The van der Waals surface area contributed by atoms with E-state index in [2.05, 4.69) is 16.4 Å². The molecule has 1 atom stereocenters. The highest BCUT2D eigenvalue weighted by atomic mass is 16.5. The van der Waals surface area contributed by atoms with E-state index in [1.54, 1.807) is 0 Å². The Morgan fingerprint density at radius 3 is 2.96 bits per heavy atom. The first-order chi connectivity index (χ1) is 11.3. The maximum absolute atomic E-state index is 12.3. The van der Waals surface area contributed by atoms with E-state index >= 15 is 0 Å². The molecule has 4 nitrogen and oxygen atoms in total. The minimum Gasteiger partial charge on any atom is -0.493 e. The number of rotatable bonds is 4. The van der Waals surface area contributed by atoms with E-state index < -0.39 is 0 Å². The highest BCUT2D eigenvalue weighted by Gasteiger charge is 2.23. The zero-order chi connectivity index (χ0) is 15.6. The first kappa shape index (κ1) is 13.9. The van der Waals surface area contributed by atoms with E-state index in [9.17, 15) is 4.79 Å². The zero-order valence-electron chi connectivity index (χ0n) is 12.7. The fourth-order valence-corrected chi connectivity index (χ4v) is 3.15. The average Bonchev–Trinajstić information content (AvgIpc) is 3.18. The Kier molecular flexibility index (Phi) is 3.50. The van der Waals surface area contributed by atoms with Gasteiger partial charge >= 0.3 is 0 Å². The lowest BCUT2D eigenvalue weighted by molar-refractivity contribution is -0.120. The van der Waals surface area contributed by atoms with Crippen molar-refractivity contribution in [3.63, 3.8) is 0 Å². The molecule has 2 N–H and O–H groups in total. The number of benzene rings is 2. The predicted octanol–water partition coefficient (Wildman–Crippen LogP) is 3.00. The Morgan fingerprint density at radius 1 is 1.17 bits per heavy atom. The zero-order valence-corrected chi connectivity index (χ0v) is 12.7. The molecule has 1 aliphatic rings. The lowest BCUT2D eigenvalue weighted by Crippen LogP contribution is -2.30. The molecule has 0 spiro atoms. The third-order valence-corrected chi connectivity index (χ3v) is 4.37.